The summed E-state index contributed by atoms with van der Waals surface area (Å²) in [4.78, 5) is 0. The van der Waals surface area contributed by atoms with E-state index in [0.29, 0.717) is 18.3 Å². The van der Waals surface area contributed by atoms with E-state index in [1.807, 2.05) is 6.07 Å². The lowest BCUT2D eigenvalue weighted by Gasteiger charge is -2.42. The molecule has 2 nitrogen and oxygen atoms in total. The minimum atomic E-state index is -0.576. The summed E-state index contributed by atoms with van der Waals surface area (Å²) in [6.07, 6.45) is 5.14. The van der Waals surface area contributed by atoms with E-state index >= 15 is 0 Å². The average molecular weight is 276 g/mol. The predicted octanol–water partition coefficient (Wildman–Crippen LogP) is 4.12. The highest BCUT2D eigenvalue weighted by atomic mass is 16.5. The fraction of sp³-hybridized carbons (Fsp3) is 0.667. The number of benzene rings is 1. The fourth-order valence-electron chi connectivity index (χ4n) is 3.80. The lowest BCUT2D eigenvalue weighted by atomic mass is 9.67. The molecule has 2 heteroatoms. The van der Waals surface area contributed by atoms with E-state index in [0.717, 1.165) is 30.6 Å². The molecule has 1 aliphatic carbocycles. The van der Waals surface area contributed by atoms with E-state index in [9.17, 15) is 5.11 Å². The van der Waals surface area contributed by atoms with Crippen LogP contribution in [0.4, 0.5) is 0 Å². The first-order chi connectivity index (χ1) is 9.46. The molecule has 1 aromatic carbocycles. The molecule has 0 heterocycles. The zero-order valence-electron chi connectivity index (χ0n) is 13.3. The Hall–Kier alpha value is -1.02. The molecule has 0 amide bonds. The number of ether oxygens (including phenoxy) is 1. The van der Waals surface area contributed by atoms with Gasteiger partial charge in [0.15, 0.2) is 0 Å². The Morgan fingerprint density at radius 3 is 2.75 bits per heavy atom. The zero-order chi connectivity index (χ0) is 14.8. The Kier molecular flexibility index (Phi) is 4.74. The number of aryl methyl sites for hydroxylation is 1. The molecule has 1 aliphatic rings. The van der Waals surface area contributed by atoms with Crippen LogP contribution in [0.25, 0.3) is 0 Å². The molecule has 1 saturated carbocycles. The van der Waals surface area contributed by atoms with Gasteiger partial charge in [-0.25, -0.2) is 0 Å². The van der Waals surface area contributed by atoms with Gasteiger partial charge < -0.3 is 9.84 Å². The molecule has 20 heavy (non-hydrogen) atoms. The standard InChI is InChI=1S/C18H28O2/c1-13(2)16-7-5-6-10-18(16,19)12-15-11-14(3)8-9-17(15)20-4/h8-9,11,13,16,19H,5-7,10,12H2,1-4H3. The Bertz CT molecular complexity index is 453. The molecule has 0 radical (unpaired) electrons. The molecule has 1 aromatic rings. The Labute approximate surface area is 123 Å². The summed E-state index contributed by atoms with van der Waals surface area (Å²) in [6, 6.07) is 6.23. The van der Waals surface area contributed by atoms with Crippen LogP contribution in [0.5, 0.6) is 5.75 Å². The van der Waals surface area contributed by atoms with Gasteiger partial charge in [0.2, 0.25) is 0 Å². The molecular formula is C18H28O2. The maximum absolute atomic E-state index is 11.2. The maximum atomic E-state index is 11.2. The maximum Gasteiger partial charge on any atom is 0.122 e. The van der Waals surface area contributed by atoms with E-state index in [4.69, 9.17) is 4.74 Å². The lowest BCUT2D eigenvalue weighted by Crippen LogP contribution is -2.45. The van der Waals surface area contributed by atoms with Gasteiger partial charge in [-0.2, -0.15) is 0 Å². The molecule has 0 aliphatic heterocycles. The lowest BCUT2D eigenvalue weighted by molar-refractivity contribution is -0.0655. The van der Waals surface area contributed by atoms with Crippen molar-refractivity contribution in [2.24, 2.45) is 11.8 Å². The van der Waals surface area contributed by atoms with Gasteiger partial charge in [-0.15, -0.1) is 0 Å². The average Bonchev–Trinajstić information content (AvgIpc) is 2.38. The number of methoxy groups -OCH3 is 1. The Morgan fingerprint density at radius 2 is 2.10 bits per heavy atom. The van der Waals surface area contributed by atoms with Crippen molar-refractivity contribution >= 4 is 0 Å². The molecule has 2 atom stereocenters. The highest BCUT2D eigenvalue weighted by molar-refractivity contribution is 5.38. The van der Waals surface area contributed by atoms with Gasteiger partial charge in [-0.05, 0) is 43.2 Å². The van der Waals surface area contributed by atoms with Crippen LogP contribution in [0, 0.1) is 18.8 Å². The molecule has 1 N–H and O–H groups in total. The summed E-state index contributed by atoms with van der Waals surface area (Å²) in [7, 11) is 1.71. The summed E-state index contributed by atoms with van der Waals surface area (Å²) in [5.74, 6) is 1.81. The van der Waals surface area contributed by atoms with Crippen molar-refractivity contribution in [3.05, 3.63) is 29.3 Å². The van der Waals surface area contributed by atoms with E-state index in [-0.39, 0.29) is 0 Å². The van der Waals surface area contributed by atoms with Crippen LogP contribution in [-0.2, 0) is 6.42 Å². The SMILES string of the molecule is COc1ccc(C)cc1CC1(O)CCCCC1C(C)C. The van der Waals surface area contributed by atoms with Crippen LogP contribution in [0.15, 0.2) is 18.2 Å². The summed E-state index contributed by atoms with van der Waals surface area (Å²) < 4.78 is 5.47. The van der Waals surface area contributed by atoms with Crippen molar-refractivity contribution in [3.63, 3.8) is 0 Å². The summed E-state index contributed by atoms with van der Waals surface area (Å²) in [5.41, 5.74) is 1.79. The van der Waals surface area contributed by atoms with Crippen molar-refractivity contribution in [2.45, 2.75) is 58.5 Å². The molecule has 0 aromatic heterocycles. The van der Waals surface area contributed by atoms with E-state index < -0.39 is 5.60 Å². The second-order valence-electron chi connectivity index (χ2n) is 6.69. The number of aliphatic hydroxyl groups is 1. The van der Waals surface area contributed by atoms with Crippen molar-refractivity contribution in [1.82, 2.24) is 0 Å². The highest BCUT2D eigenvalue weighted by Crippen LogP contribution is 2.41. The molecular weight excluding hydrogens is 248 g/mol. The predicted molar refractivity (Wildman–Crippen MR) is 83.2 cm³/mol. The summed E-state index contributed by atoms with van der Waals surface area (Å²) in [6.45, 7) is 6.55. The third kappa shape index (κ3) is 3.17. The van der Waals surface area contributed by atoms with Crippen LogP contribution in [-0.4, -0.2) is 17.8 Å². The van der Waals surface area contributed by atoms with Crippen LogP contribution in [0.1, 0.15) is 50.7 Å². The molecule has 112 valence electrons. The van der Waals surface area contributed by atoms with Crippen LogP contribution < -0.4 is 4.74 Å². The topological polar surface area (TPSA) is 29.5 Å². The first-order valence-corrected chi connectivity index (χ1v) is 7.82. The minimum Gasteiger partial charge on any atom is -0.496 e. The fourth-order valence-corrected chi connectivity index (χ4v) is 3.80. The number of rotatable bonds is 4. The van der Waals surface area contributed by atoms with Gasteiger partial charge in [0.05, 0.1) is 12.7 Å². The third-order valence-electron chi connectivity index (χ3n) is 4.80. The number of hydrogen-bond donors (Lipinski definition) is 1. The first-order valence-electron chi connectivity index (χ1n) is 7.82. The van der Waals surface area contributed by atoms with E-state index in [1.54, 1.807) is 7.11 Å². The molecule has 0 spiro atoms. The van der Waals surface area contributed by atoms with Gasteiger partial charge in [0, 0.05) is 6.42 Å². The van der Waals surface area contributed by atoms with Crippen molar-refractivity contribution in [2.75, 3.05) is 7.11 Å². The van der Waals surface area contributed by atoms with Crippen LogP contribution in [0.3, 0.4) is 0 Å². The molecule has 2 unspecified atom stereocenters. The van der Waals surface area contributed by atoms with Crippen LogP contribution >= 0.6 is 0 Å². The quantitative estimate of drug-likeness (QED) is 0.896. The molecule has 2 rings (SSSR count). The third-order valence-corrected chi connectivity index (χ3v) is 4.80. The monoisotopic (exact) mass is 276 g/mol. The van der Waals surface area contributed by atoms with Crippen molar-refractivity contribution in [1.29, 1.82) is 0 Å². The largest absolute Gasteiger partial charge is 0.496 e. The molecule has 1 fully saturated rings. The van der Waals surface area contributed by atoms with Gasteiger partial charge in [0.1, 0.15) is 5.75 Å². The highest BCUT2D eigenvalue weighted by Gasteiger charge is 2.40. The van der Waals surface area contributed by atoms with Gasteiger partial charge in [0.25, 0.3) is 0 Å². The van der Waals surface area contributed by atoms with Crippen molar-refractivity contribution < 1.29 is 9.84 Å². The molecule has 0 saturated heterocycles. The Morgan fingerprint density at radius 1 is 1.35 bits per heavy atom. The van der Waals surface area contributed by atoms with E-state index in [1.165, 1.54) is 12.0 Å². The number of hydrogen-bond acceptors (Lipinski definition) is 2. The van der Waals surface area contributed by atoms with Crippen LogP contribution in [0.2, 0.25) is 0 Å². The first kappa shape index (κ1) is 15.4. The van der Waals surface area contributed by atoms with Crippen molar-refractivity contribution in [3.8, 4) is 5.75 Å². The normalized spacial score (nSPS) is 26.8. The van der Waals surface area contributed by atoms with E-state index in [2.05, 4.69) is 32.9 Å². The summed E-state index contributed by atoms with van der Waals surface area (Å²) in [5, 5.41) is 11.2. The smallest absolute Gasteiger partial charge is 0.122 e. The Balaban J connectivity index is 2.28. The summed E-state index contributed by atoms with van der Waals surface area (Å²) >= 11 is 0. The minimum absolute atomic E-state index is 0.390. The van der Waals surface area contributed by atoms with Gasteiger partial charge in [-0.3, -0.25) is 0 Å². The zero-order valence-corrected chi connectivity index (χ0v) is 13.3. The van der Waals surface area contributed by atoms with Gasteiger partial charge >= 0.3 is 0 Å². The molecule has 0 bridgehead atoms. The van der Waals surface area contributed by atoms with Gasteiger partial charge in [-0.1, -0.05) is 44.4 Å². The second-order valence-corrected chi connectivity index (χ2v) is 6.69. The second kappa shape index (κ2) is 6.17.